The number of nitrogens with zero attached hydrogens (tertiary/aromatic N) is 4. The first-order valence-corrected chi connectivity index (χ1v) is 27.6. The van der Waals surface area contributed by atoms with Crippen molar-refractivity contribution in [1.82, 2.24) is 9.97 Å². The summed E-state index contributed by atoms with van der Waals surface area (Å²) in [6.45, 7) is 2.56. The molecule has 94 heavy (non-hydrogen) atoms. The predicted octanol–water partition coefficient (Wildman–Crippen LogP) is 2.86. The highest BCUT2D eigenvalue weighted by Crippen LogP contribution is 2.29. The molecule has 37 heteroatoms. The summed E-state index contributed by atoms with van der Waals surface area (Å²) in [5.41, 5.74) is 26.9. The minimum Gasteiger partial charge on any atom is -0.481 e. The molecule has 516 valence electrons. The molecule has 10 atom stereocenters. The number of pyridine rings is 2. The number of halogens is 5. The van der Waals surface area contributed by atoms with Gasteiger partial charge in [0.1, 0.15) is 35.9 Å². The van der Waals surface area contributed by atoms with E-state index in [2.05, 4.69) is 9.97 Å². The lowest BCUT2D eigenvalue weighted by Crippen LogP contribution is -2.42. The number of rotatable bonds is 32. The maximum absolute atomic E-state index is 13.5. The number of hydrogen-bond donors (Lipinski definition) is 13. The molecule has 1 aliphatic rings. The molecule has 1 saturated carbocycles. The van der Waals surface area contributed by atoms with Crippen LogP contribution >= 0.6 is 0 Å². The lowest BCUT2D eigenvalue weighted by molar-refractivity contribution is -0.387. The van der Waals surface area contributed by atoms with Gasteiger partial charge in [-0.25, -0.2) is 19.2 Å². The van der Waals surface area contributed by atoms with Gasteiger partial charge in [0.2, 0.25) is 23.5 Å². The molecule has 2 aromatic carbocycles. The standard InChI is InChI=1S/C13H15FN2O5.C12H13FN2O6.2C11H13FN2O4.C10H16FNO4/c1-7(17)11(15)6-9(13(18)19)4-8-2-3-12(16(20)21)10(14)5-8;13-8-2-1-6(4-10(8)15(20)21)3-7(11(16)17)5-9(14)12(18)19;12-9-2-1-6(5-14-9)3-7(10(15)16)4-8(13)11(17)18;12-9-4-6(1-2-14-9)3-7(10(15)16)5-8(13)11(17)18;1-5(13)8(12)4-9(10(14)15)16-7-2-6(11)3-7/h2-3,5,9,11H,4,6,15H2,1H3,(H,18,19);1-2,4,7,9H,3,5,14H2,(H,16,17)(H,18,19);1-2,5,7-8H,3-4,13H2,(H,15,16)(H,17,18);1-2,4,7-8H,3,5,13H2,(H,15,16)(H,17,18);6-9H,2-4,12H2,1H3,(H,14,15)/i14-1;13-1;2*12-1;11-1. The predicted molar refractivity (Wildman–Crippen MR) is 311 cm³/mol. The molecule has 18 N–H and O–H groups in total. The second-order valence-electron chi connectivity index (χ2n) is 21.1. The number of carboxylic acid groups (broad SMARTS) is 8. The van der Waals surface area contributed by atoms with E-state index in [1.165, 1.54) is 50.5 Å². The lowest BCUT2D eigenvalue weighted by Gasteiger charge is -2.32. The number of hydrogen-bond acceptors (Lipinski definition) is 22. The van der Waals surface area contributed by atoms with Crippen LogP contribution in [0.25, 0.3) is 0 Å². The quantitative estimate of drug-likeness (QED) is 0.0145. The van der Waals surface area contributed by atoms with Gasteiger partial charge in [0.25, 0.3) is 0 Å². The largest absolute Gasteiger partial charge is 0.481 e. The molecule has 1 aliphatic carbocycles. The third-order valence-electron chi connectivity index (χ3n) is 13.6. The maximum Gasteiger partial charge on any atom is 0.332 e. The number of nitrogens with two attached hydrogens (primary N) is 5. The van der Waals surface area contributed by atoms with Crippen LogP contribution < -0.4 is 28.7 Å². The van der Waals surface area contributed by atoms with Gasteiger partial charge in [-0.3, -0.25) is 63.4 Å². The highest BCUT2D eigenvalue weighted by Gasteiger charge is 2.35. The highest BCUT2D eigenvalue weighted by atomic mass is 18.2. The van der Waals surface area contributed by atoms with Crippen molar-refractivity contribution in [2.24, 2.45) is 52.3 Å². The smallest absolute Gasteiger partial charge is 0.332 e. The molecule has 32 nitrogen and oxygen atoms in total. The molecule has 0 amide bonds. The van der Waals surface area contributed by atoms with E-state index < -0.39 is 159 Å². The van der Waals surface area contributed by atoms with E-state index in [-0.39, 0.29) is 93.9 Å². The summed E-state index contributed by atoms with van der Waals surface area (Å²) in [5.74, 6) is -17.8. The van der Waals surface area contributed by atoms with Gasteiger partial charge >= 0.3 is 59.1 Å². The fraction of sp³-hybridized carbons (Fsp3) is 0.439. The van der Waals surface area contributed by atoms with Crippen molar-refractivity contribution < 1.29 is 125 Å². The Labute approximate surface area is 529 Å². The number of nitro groups is 2. The molecule has 5 rings (SSSR count). The number of Topliss-reactive ketones (excluding diaryl/α,β-unsaturated/α-hetero) is 2. The summed E-state index contributed by atoms with van der Waals surface area (Å²) in [6, 6.07) is 5.71. The summed E-state index contributed by atoms with van der Waals surface area (Å²) in [5, 5.41) is 92.0. The molecule has 4 aromatic rings. The van der Waals surface area contributed by atoms with Crippen molar-refractivity contribution >= 4 is 70.7 Å². The second kappa shape index (κ2) is 40.1. The van der Waals surface area contributed by atoms with Crippen LogP contribution in [0.5, 0.6) is 0 Å². The van der Waals surface area contributed by atoms with E-state index in [0.29, 0.717) is 16.7 Å². The number of carbonyl (C=O) groups is 10. The fourth-order valence-electron chi connectivity index (χ4n) is 8.12. The zero-order valence-corrected chi connectivity index (χ0v) is 49.9. The monoisotopic (exact) mass is 1340 g/mol. The van der Waals surface area contributed by atoms with E-state index in [1.807, 2.05) is 0 Å². The number of aromatic nitrogens is 2. The molecule has 10 unspecified atom stereocenters. The molecule has 1 fully saturated rings. The number of aliphatic carboxylic acids is 8. The van der Waals surface area contributed by atoms with Crippen LogP contribution in [0.2, 0.25) is 0 Å². The topological polar surface area (TPSA) is 584 Å². The average molecular weight is 1340 g/mol. The van der Waals surface area contributed by atoms with Crippen molar-refractivity contribution in [2.75, 3.05) is 0 Å². The van der Waals surface area contributed by atoms with Crippen LogP contribution in [-0.4, -0.2) is 169 Å². The van der Waals surface area contributed by atoms with Crippen molar-refractivity contribution in [2.45, 2.75) is 133 Å². The molecular weight excluding hydrogens is 1270 g/mol. The SMILES string of the molecule is CC(=O)C(N)CC(Cc1ccc([N+](=O)[O-])c([18F])c1)C(=O)O.CC(=O)C(N)CC(OC1CC([18F])C1)C(=O)O.NC(CC(Cc1ccc([18F])c([N+](=O)[O-])c1)C(=O)O)C(=O)O.NC(CC(Cc1ccc([18F])nc1)C(=O)O)C(=O)O.NC(CC(Cc1ccnc([18F])c1)C(=O)O)C(=O)O. The Hall–Kier alpha value is -9.95. The number of ether oxygens (including phenoxy) is 1. The van der Waals surface area contributed by atoms with Gasteiger partial charge in [0, 0.05) is 43.8 Å². The van der Waals surface area contributed by atoms with Gasteiger partial charge in [0.15, 0.2) is 6.10 Å². The molecule has 0 radical (unpaired) electrons. The van der Waals surface area contributed by atoms with Crippen molar-refractivity contribution in [3.8, 4) is 0 Å². The third-order valence-corrected chi connectivity index (χ3v) is 13.6. The van der Waals surface area contributed by atoms with Crippen molar-refractivity contribution in [3.05, 3.63) is 139 Å². The van der Waals surface area contributed by atoms with Crippen LogP contribution in [0.4, 0.5) is 33.3 Å². The average Bonchev–Trinajstić information content (AvgIpc) is 0.906. The number of benzene rings is 2. The van der Waals surface area contributed by atoms with Gasteiger partial charge in [0.05, 0.1) is 51.7 Å². The Kier molecular flexibility index (Phi) is 35.0. The Morgan fingerprint density at radius 2 is 0.862 bits per heavy atom. The first kappa shape index (κ1) is 82.1. The minimum absolute atomic E-state index is 0.00968. The number of ketones is 2. The van der Waals surface area contributed by atoms with Crippen LogP contribution in [-0.2, 0) is 78.4 Å². The van der Waals surface area contributed by atoms with Gasteiger partial charge in [-0.2, -0.15) is 17.6 Å². The molecule has 0 aliphatic heterocycles. The van der Waals surface area contributed by atoms with Crippen LogP contribution in [0.1, 0.15) is 81.0 Å². The Morgan fingerprint density at radius 3 is 1.21 bits per heavy atom. The zero-order valence-electron chi connectivity index (χ0n) is 49.9. The summed E-state index contributed by atoms with van der Waals surface area (Å²) >= 11 is 0. The Balaban J connectivity index is 0.000000589. The van der Waals surface area contributed by atoms with E-state index >= 15 is 0 Å². The summed E-state index contributed by atoms with van der Waals surface area (Å²) < 4.78 is 69.7. The van der Waals surface area contributed by atoms with Gasteiger partial charge < -0.3 is 74.3 Å². The molecule has 0 spiro atoms. The van der Waals surface area contributed by atoms with E-state index in [1.54, 1.807) is 0 Å². The number of alkyl halides is 1. The number of carbonyl (C=O) groups excluding carboxylic acids is 2. The Morgan fingerprint density at radius 1 is 0.479 bits per heavy atom. The Bertz CT molecular complexity index is 3300. The summed E-state index contributed by atoms with van der Waals surface area (Å²) in [6.07, 6.45) is -0.584. The third kappa shape index (κ3) is 30.9. The zero-order chi connectivity index (χ0) is 72.0. The molecule has 0 saturated heterocycles. The first-order chi connectivity index (χ1) is 43.6. The lowest BCUT2D eigenvalue weighted by atomic mass is 9.91. The second-order valence-corrected chi connectivity index (χ2v) is 21.1. The number of carboxylic acids is 8. The highest BCUT2D eigenvalue weighted by molar-refractivity contribution is 5.83. The van der Waals surface area contributed by atoms with Crippen LogP contribution in [0.3, 0.4) is 0 Å². The van der Waals surface area contributed by atoms with Crippen molar-refractivity contribution in [3.63, 3.8) is 0 Å². The normalized spacial score (nSPS) is 16.1. The van der Waals surface area contributed by atoms with Crippen LogP contribution in [0, 0.1) is 67.4 Å². The minimum atomic E-state index is -1.36. The van der Waals surface area contributed by atoms with Crippen molar-refractivity contribution in [1.29, 1.82) is 0 Å². The molecule has 2 aromatic heterocycles. The van der Waals surface area contributed by atoms with Crippen LogP contribution in [0.15, 0.2) is 73.1 Å². The maximum atomic E-state index is 13.5. The number of nitro benzene ring substituents is 2. The molecule has 2 heterocycles. The summed E-state index contributed by atoms with van der Waals surface area (Å²) in [4.78, 5) is 135. The summed E-state index contributed by atoms with van der Waals surface area (Å²) in [7, 11) is 0. The van der Waals surface area contributed by atoms with Gasteiger partial charge in [-0.05, 0) is 118 Å². The first-order valence-electron chi connectivity index (χ1n) is 27.6. The van der Waals surface area contributed by atoms with E-state index in [4.69, 9.17) is 74.3 Å². The van der Waals surface area contributed by atoms with E-state index in [9.17, 15) is 90.1 Å². The fourth-order valence-corrected chi connectivity index (χ4v) is 8.12. The molecule has 0 bridgehead atoms. The molecular formula is C57H70F5N9O23. The van der Waals surface area contributed by atoms with Gasteiger partial charge in [-0.1, -0.05) is 18.2 Å². The van der Waals surface area contributed by atoms with Gasteiger partial charge in [-0.15, -0.1) is 0 Å². The van der Waals surface area contributed by atoms with E-state index in [0.717, 1.165) is 36.4 Å².